The van der Waals surface area contributed by atoms with Gasteiger partial charge in [-0.25, -0.2) is 4.39 Å². The number of benzene rings is 1. The molecule has 3 nitrogen and oxygen atoms in total. The molecule has 0 aliphatic rings. The topological polar surface area (TPSA) is 52.9 Å². The van der Waals surface area contributed by atoms with Crippen LogP contribution in [0.25, 0.3) is 0 Å². The smallest absolute Gasteiger partial charge is 0.205 e. The standard InChI is InChI=1S/C15H17FN2O/c1-3-4-9-18-11(2)14(10-17)15(19)12-5-7-13(16)8-6-12/h5-8,18H,3-4,9H2,1-2H3. The Labute approximate surface area is 112 Å². The molecule has 0 bridgehead atoms. The molecule has 0 atom stereocenters. The molecule has 100 valence electrons. The highest BCUT2D eigenvalue weighted by atomic mass is 19.1. The van der Waals surface area contributed by atoms with Crippen molar-refractivity contribution >= 4 is 5.78 Å². The van der Waals surface area contributed by atoms with Crippen molar-refractivity contribution in [3.63, 3.8) is 0 Å². The number of carbonyl (C=O) groups is 1. The molecule has 1 rings (SSSR count). The van der Waals surface area contributed by atoms with Gasteiger partial charge in [-0.05, 0) is 37.6 Å². The summed E-state index contributed by atoms with van der Waals surface area (Å²) < 4.78 is 12.8. The van der Waals surface area contributed by atoms with Crippen LogP contribution in [0.5, 0.6) is 0 Å². The van der Waals surface area contributed by atoms with Gasteiger partial charge >= 0.3 is 0 Å². The predicted molar refractivity (Wildman–Crippen MR) is 72.0 cm³/mol. The first kappa shape index (κ1) is 14.9. The van der Waals surface area contributed by atoms with Gasteiger partial charge in [0.05, 0.1) is 0 Å². The molecule has 0 heterocycles. The highest BCUT2D eigenvalue weighted by molar-refractivity contribution is 6.11. The van der Waals surface area contributed by atoms with E-state index < -0.39 is 5.82 Å². The molecule has 0 amide bonds. The lowest BCUT2D eigenvalue weighted by Crippen LogP contribution is -2.17. The van der Waals surface area contributed by atoms with Gasteiger partial charge in [-0.3, -0.25) is 4.79 Å². The molecule has 4 heteroatoms. The number of carbonyl (C=O) groups excluding carboxylic acids is 1. The first-order valence-corrected chi connectivity index (χ1v) is 6.25. The second-order valence-electron chi connectivity index (χ2n) is 4.23. The molecule has 0 radical (unpaired) electrons. The maximum atomic E-state index is 12.8. The molecule has 0 aromatic heterocycles. The molecule has 0 fully saturated rings. The highest BCUT2D eigenvalue weighted by Crippen LogP contribution is 2.11. The number of halogens is 1. The first-order valence-electron chi connectivity index (χ1n) is 6.25. The average molecular weight is 260 g/mol. The van der Waals surface area contributed by atoms with E-state index >= 15 is 0 Å². The Kier molecular flexibility index (Phi) is 5.74. The Morgan fingerprint density at radius 1 is 1.37 bits per heavy atom. The summed E-state index contributed by atoms with van der Waals surface area (Å²) in [6.45, 7) is 4.50. The van der Waals surface area contributed by atoms with Crippen LogP contribution in [0.2, 0.25) is 0 Å². The van der Waals surface area contributed by atoms with Crippen molar-refractivity contribution in [2.24, 2.45) is 0 Å². The number of unbranched alkanes of at least 4 members (excludes halogenated alkanes) is 1. The Morgan fingerprint density at radius 2 is 2.00 bits per heavy atom. The number of hydrogen-bond donors (Lipinski definition) is 1. The lowest BCUT2D eigenvalue weighted by molar-refractivity contribution is 0.103. The SMILES string of the molecule is CCCCNC(C)=C(C#N)C(=O)c1ccc(F)cc1. The third kappa shape index (κ3) is 4.22. The van der Waals surface area contributed by atoms with Crippen molar-refractivity contribution in [3.8, 4) is 6.07 Å². The molecule has 1 aromatic carbocycles. The second-order valence-corrected chi connectivity index (χ2v) is 4.23. The van der Waals surface area contributed by atoms with Crippen molar-refractivity contribution in [1.82, 2.24) is 5.32 Å². The Balaban J connectivity index is 2.90. The number of nitrogens with zero attached hydrogens (tertiary/aromatic N) is 1. The normalized spacial score (nSPS) is 11.5. The molecule has 0 saturated heterocycles. The van der Waals surface area contributed by atoms with Gasteiger partial charge in [0.25, 0.3) is 0 Å². The summed E-state index contributed by atoms with van der Waals surface area (Å²) in [5.74, 6) is -0.791. The molecule has 0 spiro atoms. The summed E-state index contributed by atoms with van der Waals surface area (Å²) in [4.78, 5) is 12.1. The zero-order valence-corrected chi connectivity index (χ0v) is 11.2. The lowest BCUT2D eigenvalue weighted by atomic mass is 10.0. The fraction of sp³-hybridized carbons (Fsp3) is 0.333. The Hall–Kier alpha value is -2.15. The number of nitriles is 1. The van der Waals surface area contributed by atoms with Crippen LogP contribution in [0.3, 0.4) is 0 Å². The summed E-state index contributed by atoms with van der Waals surface area (Å²) in [5, 5.41) is 12.2. The maximum absolute atomic E-state index is 12.8. The molecule has 0 unspecified atom stereocenters. The quantitative estimate of drug-likeness (QED) is 0.370. The maximum Gasteiger partial charge on any atom is 0.205 e. The van der Waals surface area contributed by atoms with Crippen LogP contribution >= 0.6 is 0 Å². The van der Waals surface area contributed by atoms with Crippen LogP contribution in [0.4, 0.5) is 4.39 Å². The van der Waals surface area contributed by atoms with Gasteiger partial charge in [0.15, 0.2) is 0 Å². The molecule has 1 aromatic rings. The van der Waals surface area contributed by atoms with Crippen molar-refractivity contribution in [2.75, 3.05) is 6.54 Å². The number of Topliss-reactive ketones (excluding diaryl/α,β-unsaturated/α-hetero) is 1. The summed E-state index contributed by atoms with van der Waals surface area (Å²) in [7, 11) is 0. The van der Waals surface area contributed by atoms with Crippen LogP contribution in [0.15, 0.2) is 35.5 Å². The van der Waals surface area contributed by atoms with Crippen molar-refractivity contribution in [2.45, 2.75) is 26.7 Å². The van der Waals surface area contributed by atoms with E-state index in [0.717, 1.165) is 19.4 Å². The molecular weight excluding hydrogens is 243 g/mol. The van der Waals surface area contributed by atoms with Crippen LogP contribution in [0.1, 0.15) is 37.0 Å². The fourth-order valence-corrected chi connectivity index (χ4v) is 1.59. The molecule has 19 heavy (non-hydrogen) atoms. The van der Waals surface area contributed by atoms with Gasteiger partial charge in [0.2, 0.25) is 5.78 Å². The molecule has 0 aliphatic heterocycles. The largest absolute Gasteiger partial charge is 0.387 e. The highest BCUT2D eigenvalue weighted by Gasteiger charge is 2.14. The van der Waals surface area contributed by atoms with E-state index in [-0.39, 0.29) is 11.4 Å². The van der Waals surface area contributed by atoms with Gasteiger partial charge in [-0.2, -0.15) is 5.26 Å². The number of hydrogen-bond acceptors (Lipinski definition) is 3. The number of ketones is 1. The van der Waals surface area contributed by atoms with E-state index in [4.69, 9.17) is 5.26 Å². The zero-order valence-electron chi connectivity index (χ0n) is 11.2. The Morgan fingerprint density at radius 3 is 2.53 bits per heavy atom. The number of rotatable bonds is 6. The minimum absolute atomic E-state index is 0.0720. The van der Waals surface area contributed by atoms with Gasteiger partial charge < -0.3 is 5.32 Å². The van der Waals surface area contributed by atoms with Crippen LogP contribution < -0.4 is 5.32 Å². The monoisotopic (exact) mass is 260 g/mol. The second kappa shape index (κ2) is 7.32. The number of allylic oxidation sites excluding steroid dienone is 2. The summed E-state index contributed by atoms with van der Waals surface area (Å²) in [6, 6.07) is 7.10. The van der Waals surface area contributed by atoms with Crippen molar-refractivity contribution < 1.29 is 9.18 Å². The van der Waals surface area contributed by atoms with Crippen molar-refractivity contribution in [3.05, 3.63) is 46.9 Å². The van der Waals surface area contributed by atoms with Gasteiger partial charge in [0.1, 0.15) is 17.5 Å². The fourth-order valence-electron chi connectivity index (χ4n) is 1.59. The van der Waals surface area contributed by atoms with Crippen LogP contribution in [-0.4, -0.2) is 12.3 Å². The number of nitrogens with one attached hydrogen (secondary N) is 1. The Bertz CT molecular complexity index is 512. The first-order chi connectivity index (χ1) is 9.10. The third-order valence-electron chi connectivity index (χ3n) is 2.74. The minimum atomic E-state index is -0.406. The van der Waals surface area contributed by atoms with E-state index in [1.165, 1.54) is 24.3 Å². The van der Waals surface area contributed by atoms with E-state index in [9.17, 15) is 9.18 Å². The van der Waals surface area contributed by atoms with E-state index in [1.54, 1.807) is 6.92 Å². The third-order valence-corrected chi connectivity index (χ3v) is 2.74. The molecular formula is C15H17FN2O. The molecule has 0 aliphatic carbocycles. The van der Waals surface area contributed by atoms with Crippen molar-refractivity contribution in [1.29, 1.82) is 5.26 Å². The van der Waals surface area contributed by atoms with Gasteiger partial charge in [0, 0.05) is 17.8 Å². The zero-order chi connectivity index (χ0) is 14.3. The minimum Gasteiger partial charge on any atom is -0.387 e. The lowest BCUT2D eigenvalue weighted by Gasteiger charge is -2.08. The van der Waals surface area contributed by atoms with Gasteiger partial charge in [-0.15, -0.1) is 0 Å². The summed E-state index contributed by atoms with van der Waals surface area (Å²) in [5.41, 5.74) is 0.947. The van der Waals surface area contributed by atoms with E-state index in [1.807, 2.05) is 6.07 Å². The molecule has 1 N–H and O–H groups in total. The molecule has 0 saturated carbocycles. The summed E-state index contributed by atoms with van der Waals surface area (Å²) >= 11 is 0. The van der Waals surface area contributed by atoms with E-state index in [0.29, 0.717) is 11.3 Å². The predicted octanol–water partition coefficient (Wildman–Crippen LogP) is 3.20. The van der Waals surface area contributed by atoms with Crippen LogP contribution in [0, 0.1) is 17.1 Å². The van der Waals surface area contributed by atoms with Crippen LogP contribution in [-0.2, 0) is 0 Å². The van der Waals surface area contributed by atoms with E-state index in [2.05, 4.69) is 12.2 Å². The average Bonchev–Trinajstić information content (AvgIpc) is 2.40. The summed E-state index contributed by atoms with van der Waals surface area (Å²) in [6.07, 6.45) is 2.01. The van der Waals surface area contributed by atoms with Gasteiger partial charge in [-0.1, -0.05) is 13.3 Å².